The standard InChI is InChI=1S/C19H33O4P/c1-7-22-24(21,23-8-2)13-16-11-17(9-14(3)4)19(20)18(12-16)10-15(5)6/h11-12,14-15,20H,7-10,13H2,1-6H3. The Morgan fingerprint density at radius 1 is 0.958 bits per heavy atom. The molecule has 5 heteroatoms. The van der Waals surface area contributed by atoms with Crippen LogP contribution in [-0.2, 0) is 32.6 Å². The molecule has 0 aliphatic heterocycles. The van der Waals surface area contributed by atoms with E-state index < -0.39 is 7.60 Å². The molecule has 0 saturated carbocycles. The fourth-order valence-corrected chi connectivity index (χ4v) is 4.53. The summed E-state index contributed by atoms with van der Waals surface area (Å²) in [6, 6.07) is 3.90. The van der Waals surface area contributed by atoms with Crippen LogP contribution < -0.4 is 0 Å². The first-order chi connectivity index (χ1) is 11.2. The Morgan fingerprint density at radius 2 is 1.38 bits per heavy atom. The van der Waals surface area contributed by atoms with Crippen molar-refractivity contribution in [2.24, 2.45) is 11.8 Å². The van der Waals surface area contributed by atoms with Crippen LogP contribution in [0.4, 0.5) is 0 Å². The third kappa shape index (κ3) is 6.58. The first kappa shape index (κ1) is 21.2. The van der Waals surface area contributed by atoms with Crippen LogP contribution in [0.15, 0.2) is 12.1 Å². The zero-order valence-electron chi connectivity index (χ0n) is 16.0. The second-order valence-corrected chi connectivity index (χ2v) is 9.12. The lowest BCUT2D eigenvalue weighted by Crippen LogP contribution is -2.04. The smallest absolute Gasteiger partial charge is 0.335 e. The molecule has 0 amide bonds. The van der Waals surface area contributed by atoms with Crippen molar-refractivity contribution in [2.45, 2.75) is 60.5 Å². The number of hydrogen-bond acceptors (Lipinski definition) is 4. The summed E-state index contributed by atoms with van der Waals surface area (Å²) in [5, 5.41) is 10.6. The Bertz CT molecular complexity index is 525. The van der Waals surface area contributed by atoms with Gasteiger partial charge in [-0.05, 0) is 55.2 Å². The van der Waals surface area contributed by atoms with Crippen molar-refractivity contribution in [3.63, 3.8) is 0 Å². The Morgan fingerprint density at radius 3 is 1.71 bits per heavy atom. The molecule has 1 aromatic rings. The highest BCUT2D eigenvalue weighted by Crippen LogP contribution is 2.51. The lowest BCUT2D eigenvalue weighted by Gasteiger charge is -2.20. The number of aromatic hydroxyl groups is 1. The van der Waals surface area contributed by atoms with E-state index >= 15 is 0 Å². The van der Waals surface area contributed by atoms with Crippen molar-refractivity contribution in [2.75, 3.05) is 13.2 Å². The van der Waals surface area contributed by atoms with E-state index in [9.17, 15) is 9.67 Å². The van der Waals surface area contributed by atoms with E-state index in [1.165, 1.54) is 0 Å². The maximum absolute atomic E-state index is 12.8. The van der Waals surface area contributed by atoms with E-state index in [1.54, 1.807) is 0 Å². The minimum atomic E-state index is -3.15. The summed E-state index contributed by atoms with van der Waals surface area (Å²) in [6.45, 7) is 12.8. The predicted molar refractivity (Wildman–Crippen MR) is 99.8 cm³/mol. The van der Waals surface area contributed by atoms with Gasteiger partial charge in [0.15, 0.2) is 0 Å². The molecule has 0 unspecified atom stereocenters. The van der Waals surface area contributed by atoms with Gasteiger partial charge in [0.05, 0.1) is 19.4 Å². The molecule has 0 saturated heterocycles. The average Bonchev–Trinajstić information content (AvgIpc) is 2.43. The third-order valence-electron chi connectivity index (χ3n) is 3.61. The fraction of sp³-hybridized carbons (Fsp3) is 0.684. The molecule has 1 rings (SSSR count). The van der Waals surface area contributed by atoms with Gasteiger partial charge in [0.2, 0.25) is 0 Å². The molecular weight excluding hydrogens is 323 g/mol. The first-order valence-corrected chi connectivity index (χ1v) is 10.6. The SMILES string of the molecule is CCOP(=O)(Cc1cc(CC(C)C)c(O)c(CC(C)C)c1)OCC. The number of phenols is 1. The molecular formula is C19H33O4P. The van der Waals surface area contributed by atoms with Crippen LogP contribution in [0.5, 0.6) is 5.75 Å². The van der Waals surface area contributed by atoms with Gasteiger partial charge in [0, 0.05) is 0 Å². The lowest BCUT2D eigenvalue weighted by atomic mass is 9.93. The predicted octanol–water partition coefficient (Wildman–Crippen LogP) is 5.56. The van der Waals surface area contributed by atoms with Gasteiger partial charge in [-0.15, -0.1) is 0 Å². The van der Waals surface area contributed by atoms with Gasteiger partial charge in [0.25, 0.3) is 0 Å². The Hall–Kier alpha value is -0.830. The van der Waals surface area contributed by atoms with Crippen molar-refractivity contribution >= 4 is 7.60 Å². The molecule has 4 nitrogen and oxygen atoms in total. The van der Waals surface area contributed by atoms with Crippen LogP contribution >= 0.6 is 7.60 Å². The molecule has 0 aliphatic carbocycles. The normalized spacial score (nSPS) is 12.3. The molecule has 0 heterocycles. The molecule has 0 fully saturated rings. The maximum atomic E-state index is 12.8. The minimum absolute atomic E-state index is 0.241. The van der Waals surface area contributed by atoms with Gasteiger partial charge in [-0.2, -0.15) is 0 Å². The molecule has 1 aromatic carbocycles. The van der Waals surface area contributed by atoms with E-state index in [0.29, 0.717) is 30.8 Å². The Labute approximate surface area is 147 Å². The largest absolute Gasteiger partial charge is 0.507 e. The van der Waals surface area contributed by atoms with Crippen LogP contribution in [-0.4, -0.2) is 18.3 Å². The summed E-state index contributed by atoms with van der Waals surface area (Å²) in [7, 11) is -3.15. The van der Waals surface area contributed by atoms with Crippen LogP contribution in [0.25, 0.3) is 0 Å². The number of rotatable bonds is 10. The highest BCUT2D eigenvalue weighted by molar-refractivity contribution is 7.53. The Balaban J connectivity index is 3.23. The molecule has 0 atom stereocenters. The molecule has 24 heavy (non-hydrogen) atoms. The zero-order chi connectivity index (χ0) is 18.3. The summed E-state index contributed by atoms with van der Waals surface area (Å²) >= 11 is 0. The molecule has 0 aliphatic rings. The second-order valence-electron chi connectivity index (χ2n) is 7.06. The average molecular weight is 356 g/mol. The lowest BCUT2D eigenvalue weighted by molar-refractivity contribution is 0.219. The van der Waals surface area contributed by atoms with Crippen LogP contribution in [0.2, 0.25) is 0 Å². The monoisotopic (exact) mass is 356 g/mol. The maximum Gasteiger partial charge on any atom is 0.335 e. The first-order valence-electron chi connectivity index (χ1n) is 8.92. The number of hydrogen-bond donors (Lipinski definition) is 1. The topological polar surface area (TPSA) is 55.8 Å². The molecule has 0 aromatic heterocycles. The molecule has 1 N–H and O–H groups in total. The summed E-state index contributed by atoms with van der Waals surface area (Å²) in [4.78, 5) is 0. The zero-order valence-corrected chi connectivity index (χ0v) is 16.9. The second kappa shape index (κ2) is 9.60. The number of phenolic OH excluding ortho intramolecular Hbond substituents is 1. The molecule has 0 radical (unpaired) electrons. The Kier molecular flexibility index (Phi) is 8.49. The van der Waals surface area contributed by atoms with Gasteiger partial charge in [-0.1, -0.05) is 39.8 Å². The van der Waals surface area contributed by atoms with Crippen LogP contribution in [0, 0.1) is 11.8 Å². The number of benzene rings is 1. The van der Waals surface area contributed by atoms with E-state index in [1.807, 2.05) is 26.0 Å². The van der Waals surface area contributed by atoms with Gasteiger partial charge < -0.3 is 14.2 Å². The fourth-order valence-electron chi connectivity index (χ4n) is 2.86. The summed E-state index contributed by atoms with van der Waals surface area (Å²) in [5.74, 6) is 1.25. The van der Waals surface area contributed by atoms with Crippen molar-refractivity contribution in [1.82, 2.24) is 0 Å². The molecule has 0 bridgehead atoms. The van der Waals surface area contributed by atoms with E-state index in [-0.39, 0.29) is 6.16 Å². The molecule has 138 valence electrons. The highest BCUT2D eigenvalue weighted by Gasteiger charge is 2.25. The van der Waals surface area contributed by atoms with Crippen molar-refractivity contribution in [3.05, 3.63) is 28.8 Å². The van der Waals surface area contributed by atoms with Gasteiger partial charge in [0.1, 0.15) is 5.75 Å². The van der Waals surface area contributed by atoms with Crippen LogP contribution in [0.1, 0.15) is 58.2 Å². The van der Waals surface area contributed by atoms with E-state index in [0.717, 1.165) is 29.5 Å². The van der Waals surface area contributed by atoms with Crippen molar-refractivity contribution < 1.29 is 18.7 Å². The van der Waals surface area contributed by atoms with Gasteiger partial charge in [-0.3, -0.25) is 4.57 Å². The minimum Gasteiger partial charge on any atom is -0.507 e. The van der Waals surface area contributed by atoms with E-state index in [4.69, 9.17) is 9.05 Å². The summed E-state index contributed by atoms with van der Waals surface area (Å²) in [5.41, 5.74) is 2.74. The van der Waals surface area contributed by atoms with E-state index in [2.05, 4.69) is 27.7 Å². The van der Waals surface area contributed by atoms with Crippen molar-refractivity contribution in [1.29, 1.82) is 0 Å². The summed E-state index contributed by atoms with van der Waals surface area (Å²) < 4.78 is 23.7. The third-order valence-corrected chi connectivity index (χ3v) is 5.67. The summed E-state index contributed by atoms with van der Waals surface area (Å²) in [6.07, 6.45) is 1.82. The highest BCUT2D eigenvalue weighted by atomic mass is 31.2. The van der Waals surface area contributed by atoms with Gasteiger partial charge in [-0.25, -0.2) is 0 Å². The molecule has 0 spiro atoms. The van der Waals surface area contributed by atoms with Crippen molar-refractivity contribution in [3.8, 4) is 5.75 Å². The van der Waals surface area contributed by atoms with Crippen LogP contribution in [0.3, 0.4) is 0 Å². The van der Waals surface area contributed by atoms with Gasteiger partial charge >= 0.3 is 7.60 Å². The quantitative estimate of drug-likeness (QED) is 0.558.